The van der Waals surface area contributed by atoms with Gasteiger partial charge in [0.05, 0.1) is 33.0 Å². The van der Waals surface area contributed by atoms with Gasteiger partial charge >= 0.3 is 0 Å². The Morgan fingerprint density at radius 3 is 1.85 bits per heavy atom. The summed E-state index contributed by atoms with van der Waals surface area (Å²) in [5.74, 6) is 1.55. The molecule has 0 saturated carbocycles. The van der Waals surface area contributed by atoms with Gasteiger partial charge in [0.25, 0.3) is 0 Å². The van der Waals surface area contributed by atoms with E-state index in [1.165, 1.54) is 44.9 Å². The standard InChI is InChI=1S/C44H62N2O6/c1-4-5-6-7-8-9-10-11-16-21-42(48)45-31-18-13-17-22-43(49)46-33-38(47)32-41(46)44(36-23-27-39(50-2)28-24-36,37-25-29-40(51-3)30-26-37)52-34-35-19-14-12-15-20-35/h12,14-15,19-20,23-30,38,41,47H,4-11,13,16-18,21-22,31-34H2,1-3H3,(H,45,48). The van der Waals surface area contributed by atoms with Crippen LogP contribution in [0.5, 0.6) is 11.5 Å². The van der Waals surface area contributed by atoms with Gasteiger partial charge in [-0.05, 0) is 66.6 Å². The maximum atomic E-state index is 14.0. The van der Waals surface area contributed by atoms with Crippen molar-refractivity contribution in [2.75, 3.05) is 27.3 Å². The van der Waals surface area contributed by atoms with E-state index in [2.05, 4.69) is 12.2 Å². The molecule has 0 bridgehead atoms. The SMILES string of the molecule is CCCCCCCCCCCC(=O)NCCCCCC(=O)N1CC(O)CC1C(OCc1ccccc1)(c1ccc(OC)cc1)c1ccc(OC)cc1. The molecule has 0 spiro atoms. The lowest BCUT2D eigenvalue weighted by Crippen LogP contribution is -2.52. The lowest BCUT2D eigenvalue weighted by atomic mass is 9.78. The first-order valence-corrected chi connectivity index (χ1v) is 19.6. The van der Waals surface area contributed by atoms with Crippen LogP contribution in [0.25, 0.3) is 0 Å². The molecule has 0 aromatic heterocycles. The minimum Gasteiger partial charge on any atom is -0.497 e. The van der Waals surface area contributed by atoms with Gasteiger partial charge in [-0.15, -0.1) is 0 Å². The zero-order valence-corrected chi connectivity index (χ0v) is 31.8. The van der Waals surface area contributed by atoms with E-state index < -0.39 is 17.7 Å². The molecule has 1 heterocycles. The fourth-order valence-corrected chi connectivity index (χ4v) is 7.37. The van der Waals surface area contributed by atoms with Crippen molar-refractivity contribution in [2.45, 2.75) is 128 Å². The summed E-state index contributed by atoms with van der Waals surface area (Å²) in [4.78, 5) is 28.2. The van der Waals surface area contributed by atoms with Crippen molar-refractivity contribution in [1.29, 1.82) is 0 Å². The Balaban J connectivity index is 1.39. The number of unbranched alkanes of at least 4 members (excludes halogenated alkanes) is 10. The van der Waals surface area contributed by atoms with Crippen molar-refractivity contribution >= 4 is 11.8 Å². The number of β-amino-alcohol motifs (C(OH)–C–C–N with tert-alkyl or cyclic N) is 1. The molecule has 0 radical (unpaired) electrons. The molecular weight excluding hydrogens is 652 g/mol. The van der Waals surface area contributed by atoms with Crippen LogP contribution in [0.2, 0.25) is 0 Å². The topological polar surface area (TPSA) is 97.3 Å². The summed E-state index contributed by atoms with van der Waals surface area (Å²) in [6, 6.07) is 25.1. The van der Waals surface area contributed by atoms with E-state index in [1.807, 2.05) is 83.8 Å². The summed E-state index contributed by atoms with van der Waals surface area (Å²) in [5.41, 5.74) is 1.64. The van der Waals surface area contributed by atoms with E-state index in [0.717, 1.165) is 53.9 Å². The molecule has 0 aliphatic carbocycles. The number of rotatable bonds is 24. The average molecular weight is 715 g/mol. The van der Waals surface area contributed by atoms with Gasteiger partial charge in [-0.1, -0.05) is 119 Å². The van der Waals surface area contributed by atoms with Crippen LogP contribution < -0.4 is 14.8 Å². The molecule has 4 rings (SSSR count). The number of amides is 2. The van der Waals surface area contributed by atoms with Crippen molar-refractivity contribution in [3.8, 4) is 11.5 Å². The summed E-state index contributed by atoms with van der Waals surface area (Å²) in [6.45, 7) is 3.41. The van der Waals surface area contributed by atoms with E-state index in [0.29, 0.717) is 38.8 Å². The highest BCUT2D eigenvalue weighted by Crippen LogP contribution is 2.45. The fraction of sp³-hybridized carbons (Fsp3) is 0.545. The number of aliphatic hydroxyl groups excluding tert-OH is 1. The van der Waals surface area contributed by atoms with Crippen molar-refractivity contribution in [3.63, 3.8) is 0 Å². The van der Waals surface area contributed by atoms with Crippen LogP contribution in [-0.4, -0.2) is 61.3 Å². The quantitative estimate of drug-likeness (QED) is 0.0902. The molecule has 284 valence electrons. The predicted octanol–water partition coefficient (Wildman–Crippen LogP) is 8.72. The van der Waals surface area contributed by atoms with Gasteiger partial charge < -0.3 is 29.5 Å². The predicted molar refractivity (Wildman–Crippen MR) is 207 cm³/mol. The van der Waals surface area contributed by atoms with Crippen LogP contribution in [0.15, 0.2) is 78.9 Å². The van der Waals surface area contributed by atoms with Crippen LogP contribution in [0.3, 0.4) is 0 Å². The molecule has 1 aliphatic rings. The fourth-order valence-electron chi connectivity index (χ4n) is 7.37. The Morgan fingerprint density at radius 2 is 1.27 bits per heavy atom. The number of hydrogen-bond donors (Lipinski definition) is 2. The number of methoxy groups -OCH3 is 2. The van der Waals surface area contributed by atoms with Crippen LogP contribution in [-0.2, 0) is 26.5 Å². The van der Waals surface area contributed by atoms with E-state index >= 15 is 0 Å². The minimum absolute atomic E-state index is 0.00865. The molecule has 1 fully saturated rings. The number of benzene rings is 3. The van der Waals surface area contributed by atoms with Crippen LogP contribution in [0.4, 0.5) is 0 Å². The van der Waals surface area contributed by atoms with E-state index in [1.54, 1.807) is 14.2 Å². The van der Waals surface area contributed by atoms with Crippen LogP contribution in [0, 0.1) is 0 Å². The largest absolute Gasteiger partial charge is 0.497 e. The van der Waals surface area contributed by atoms with Gasteiger partial charge in [-0.3, -0.25) is 9.59 Å². The maximum Gasteiger partial charge on any atom is 0.223 e. The Labute approximate surface area is 312 Å². The second-order valence-corrected chi connectivity index (χ2v) is 14.2. The zero-order valence-electron chi connectivity index (χ0n) is 31.8. The number of carbonyl (C=O) groups is 2. The third-order valence-electron chi connectivity index (χ3n) is 10.3. The summed E-state index contributed by atoms with van der Waals surface area (Å²) in [5, 5.41) is 14.2. The van der Waals surface area contributed by atoms with E-state index in [-0.39, 0.29) is 18.4 Å². The second-order valence-electron chi connectivity index (χ2n) is 14.2. The number of hydrogen-bond acceptors (Lipinski definition) is 6. The average Bonchev–Trinajstić information content (AvgIpc) is 3.58. The second kappa shape index (κ2) is 22.2. The van der Waals surface area contributed by atoms with Crippen molar-refractivity contribution < 1.29 is 28.9 Å². The molecule has 8 nitrogen and oxygen atoms in total. The van der Waals surface area contributed by atoms with Gasteiger partial charge in [0.2, 0.25) is 11.8 Å². The summed E-state index contributed by atoms with van der Waals surface area (Å²) < 4.78 is 18.0. The molecule has 2 unspecified atom stereocenters. The first-order valence-electron chi connectivity index (χ1n) is 19.6. The van der Waals surface area contributed by atoms with Crippen molar-refractivity contribution in [3.05, 3.63) is 95.6 Å². The number of nitrogens with one attached hydrogen (secondary N) is 1. The zero-order chi connectivity index (χ0) is 37.0. The Bertz CT molecular complexity index is 1400. The smallest absolute Gasteiger partial charge is 0.223 e. The highest BCUT2D eigenvalue weighted by atomic mass is 16.5. The summed E-state index contributed by atoms with van der Waals surface area (Å²) >= 11 is 0. The molecule has 2 atom stereocenters. The lowest BCUT2D eigenvalue weighted by molar-refractivity contribution is -0.141. The third kappa shape index (κ3) is 12.1. The molecule has 2 amide bonds. The Kier molecular flexibility index (Phi) is 17.5. The maximum absolute atomic E-state index is 14.0. The molecular formula is C44H62N2O6. The van der Waals surface area contributed by atoms with E-state index in [4.69, 9.17) is 14.2 Å². The summed E-state index contributed by atoms with van der Waals surface area (Å²) in [7, 11) is 3.27. The number of nitrogens with zero attached hydrogens (tertiary/aromatic N) is 1. The van der Waals surface area contributed by atoms with Crippen LogP contribution in [0.1, 0.15) is 120 Å². The normalized spacial score (nSPS) is 15.8. The number of likely N-dealkylation sites (tertiary alicyclic amines) is 1. The Morgan fingerprint density at radius 1 is 0.731 bits per heavy atom. The minimum atomic E-state index is -1.10. The molecule has 1 saturated heterocycles. The monoisotopic (exact) mass is 714 g/mol. The van der Waals surface area contributed by atoms with E-state index in [9.17, 15) is 14.7 Å². The van der Waals surface area contributed by atoms with Gasteiger partial charge in [-0.25, -0.2) is 0 Å². The highest BCUT2D eigenvalue weighted by Gasteiger charge is 2.51. The number of carbonyl (C=O) groups excluding carboxylic acids is 2. The molecule has 52 heavy (non-hydrogen) atoms. The third-order valence-corrected chi connectivity index (χ3v) is 10.3. The van der Waals surface area contributed by atoms with Crippen molar-refractivity contribution in [2.24, 2.45) is 0 Å². The van der Waals surface area contributed by atoms with Gasteiger partial charge in [0, 0.05) is 25.9 Å². The molecule has 3 aromatic carbocycles. The first-order chi connectivity index (χ1) is 25.4. The van der Waals surface area contributed by atoms with Gasteiger partial charge in [0.1, 0.15) is 17.1 Å². The first kappa shape index (κ1) is 40.9. The van der Waals surface area contributed by atoms with Crippen molar-refractivity contribution in [1.82, 2.24) is 10.2 Å². The van der Waals surface area contributed by atoms with Gasteiger partial charge in [-0.2, -0.15) is 0 Å². The Hall–Kier alpha value is -3.88. The van der Waals surface area contributed by atoms with Gasteiger partial charge in [0.15, 0.2) is 0 Å². The van der Waals surface area contributed by atoms with Crippen LogP contribution >= 0.6 is 0 Å². The number of ether oxygens (including phenoxy) is 3. The summed E-state index contributed by atoms with van der Waals surface area (Å²) in [6.07, 6.45) is 14.1. The molecule has 3 aromatic rings. The molecule has 1 aliphatic heterocycles. The molecule has 2 N–H and O–H groups in total. The molecule has 8 heteroatoms. The lowest BCUT2D eigenvalue weighted by Gasteiger charge is -2.44. The number of aliphatic hydroxyl groups is 1. The highest BCUT2D eigenvalue weighted by molar-refractivity contribution is 5.77.